The van der Waals surface area contributed by atoms with Crippen LogP contribution in [0.4, 0.5) is 4.79 Å². The maximum atomic E-state index is 13.4. The van der Waals surface area contributed by atoms with E-state index in [1.54, 1.807) is 4.90 Å². The number of aldehydes is 1. The lowest BCUT2D eigenvalue weighted by atomic mass is 9.83. The predicted molar refractivity (Wildman–Crippen MR) is 178 cm³/mol. The molecule has 1 aliphatic carbocycles. The minimum absolute atomic E-state index is 0.0502. The molecule has 1 heterocycles. The minimum Gasteiger partial charge on any atom is -0.354 e. The van der Waals surface area contributed by atoms with Gasteiger partial charge in [0, 0.05) is 25.4 Å². The van der Waals surface area contributed by atoms with Gasteiger partial charge in [-0.25, -0.2) is 4.79 Å². The molecule has 11 nitrogen and oxygen atoms in total. The quantitative estimate of drug-likeness (QED) is 0.194. The van der Waals surface area contributed by atoms with Gasteiger partial charge in [-0.15, -0.1) is 0 Å². The zero-order chi connectivity index (χ0) is 35.0. The second-order valence-corrected chi connectivity index (χ2v) is 11.7. The SMILES string of the molecule is CC.CC.CC(=O)C=O.CCC(NC(=O)NC(C(=O)N1CCCC1C(=O)NCCC1CCC1)C(C)C)C(=O)C(C)(C)C.CN. The second-order valence-electron chi connectivity index (χ2n) is 11.7. The van der Waals surface area contributed by atoms with Crippen LogP contribution < -0.4 is 21.7 Å². The Morgan fingerprint density at radius 1 is 0.932 bits per heavy atom. The fourth-order valence-electron chi connectivity index (χ4n) is 4.51. The molecule has 4 amide bonds. The summed E-state index contributed by atoms with van der Waals surface area (Å²) >= 11 is 0. The smallest absolute Gasteiger partial charge is 0.316 e. The molecular formula is C33H65N5O6. The third kappa shape index (κ3) is 17.5. The van der Waals surface area contributed by atoms with E-state index in [1.165, 1.54) is 33.2 Å². The van der Waals surface area contributed by atoms with Crippen molar-refractivity contribution in [2.24, 2.45) is 23.0 Å². The first kappa shape index (κ1) is 45.6. The molecule has 3 atom stereocenters. The zero-order valence-corrected chi connectivity index (χ0v) is 29.8. The molecular weight excluding hydrogens is 562 g/mol. The van der Waals surface area contributed by atoms with Gasteiger partial charge in [-0.05, 0) is 44.6 Å². The molecule has 2 rings (SSSR count). The average molecular weight is 628 g/mol. The Morgan fingerprint density at radius 2 is 1.45 bits per heavy atom. The van der Waals surface area contributed by atoms with Crippen LogP contribution in [0.2, 0.25) is 0 Å². The first-order valence-corrected chi connectivity index (χ1v) is 16.5. The van der Waals surface area contributed by atoms with Crippen molar-refractivity contribution in [3.05, 3.63) is 0 Å². The number of carbonyl (C=O) groups excluding carboxylic acids is 6. The summed E-state index contributed by atoms with van der Waals surface area (Å²) in [6.07, 6.45) is 6.91. The van der Waals surface area contributed by atoms with Gasteiger partial charge in [0.2, 0.25) is 11.8 Å². The number of nitrogens with zero attached hydrogens (tertiary/aromatic N) is 1. The molecule has 258 valence electrons. The lowest BCUT2D eigenvalue weighted by Gasteiger charge is -2.31. The molecule has 0 bridgehead atoms. The van der Waals surface area contributed by atoms with Crippen LogP contribution in [0.25, 0.3) is 0 Å². The van der Waals surface area contributed by atoms with Crippen LogP contribution in [-0.2, 0) is 24.0 Å². The molecule has 11 heteroatoms. The molecule has 5 N–H and O–H groups in total. The first-order chi connectivity index (χ1) is 20.7. The van der Waals surface area contributed by atoms with E-state index in [0.717, 1.165) is 18.8 Å². The molecule has 2 fully saturated rings. The number of ketones is 2. The van der Waals surface area contributed by atoms with Gasteiger partial charge in [-0.3, -0.25) is 24.0 Å². The lowest BCUT2D eigenvalue weighted by molar-refractivity contribution is -0.140. The van der Waals surface area contributed by atoms with Crippen molar-refractivity contribution in [1.29, 1.82) is 0 Å². The van der Waals surface area contributed by atoms with Crippen LogP contribution in [0, 0.1) is 17.3 Å². The molecule has 1 aliphatic heterocycles. The molecule has 0 aromatic rings. The van der Waals surface area contributed by atoms with E-state index in [0.29, 0.717) is 25.9 Å². The number of Topliss-reactive ketones (excluding diaryl/α,β-unsaturated/α-hetero) is 2. The standard InChI is InChI=1S/C25H44N4O4.C3H4O2.2C2H6.CH5N/c1-7-18(21(30)25(4,5)6)27-24(33)28-20(16(2)3)23(32)29-15-9-12-19(29)22(31)26-14-13-17-10-8-11-17;1-3(5)2-4;3*1-2/h16-20H,7-15H2,1-6H3,(H,26,31)(H2,27,28,33);2H,1H3;2*1-2H3;2H2,1H3. The lowest BCUT2D eigenvalue weighted by Crippen LogP contribution is -2.58. The van der Waals surface area contributed by atoms with E-state index < -0.39 is 35.4 Å². The maximum Gasteiger partial charge on any atom is 0.316 e. The van der Waals surface area contributed by atoms with E-state index in [1.807, 2.05) is 69.2 Å². The van der Waals surface area contributed by atoms with Gasteiger partial charge in [-0.1, -0.05) is 88.5 Å². The van der Waals surface area contributed by atoms with Gasteiger partial charge in [0.05, 0.1) is 6.04 Å². The van der Waals surface area contributed by atoms with Gasteiger partial charge in [0.1, 0.15) is 12.1 Å². The number of nitrogens with two attached hydrogens (primary N) is 1. The van der Waals surface area contributed by atoms with Crippen LogP contribution in [0.5, 0.6) is 0 Å². The fourth-order valence-corrected chi connectivity index (χ4v) is 4.51. The van der Waals surface area contributed by atoms with E-state index in [-0.39, 0.29) is 29.8 Å². The monoisotopic (exact) mass is 627 g/mol. The number of rotatable bonds is 11. The van der Waals surface area contributed by atoms with Crippen LogP contribution in [0.1, 0.15) is 121 Å². The molecule has 0 aromatic carbocycles. The van der Waals surface area contributed by atoms with Crippen LogP contribution >= 0.6 is 0 Å². The summed E-state index contributed by atoms with van der Waals surface area (Å²) in [5.74, 6) is -0.266. The Balaban J connectivity index is -0.00000134. The third-order valence-corrected chi connectivity index (χ3v) is 7.07. The average Bonchev–Trinajstić information content (AvgIpc) is 3.48. The van der Waals surface area contributed by atoms with Gasteiger partial charge in [-0.2, -0.15) is 0 Å². The van der Waals surface area contributed by atoms with Crippen LogP contribution in [-0.4, -0.2) is 78.9 Å². The highest BCUT2D eigenvalue weighted by Gasteiger charge is 2.39. The van der Waals surface area contributed by atoms with Crippen molar-refractivity contribution >= 4 is 35.7 Å². The number of hydrogen-bond donors (Lipinski definition) is 4. The zero-order valence-electron chi connectivity index (χ0n) is 29.8. The Bertz CT molecular complexity index is 852. The highest BCUT2D eigenvalue weighted by molar-refractivity contribution is 6.23. The summed E-state index contributed by atoms with van der Waals surface area (Å²) in [5.41, 5.74) is 3.93. The Kier molecular flexibility index (Phi) is 26.4. The number of amides is 4. The van der Waals surface area contributed by atoms with E-state index >= 15 is 0 Å². The molecule has 44 heavy (non-hydrogen) atoms. The van der Waals surface area contributed by atoms with Crippen molar-refractivity contribution in [3.8, 4) is 0 Å². The third-order valence-electron chi connectivity index (χ3n) is 7.07. The van der Waals surface area contributed by atoms with Crippen molar-refractivity contribution in [2.45, 2.75) is 139 Å². The van der Waals surface area contributed by atoms with Gasteiger partial charge >= 0.3 is 6.03 Å². The summed E-state index contributed by atoms with van der Waals surface area (Å²) < 4.78 is 0. The van der Waals surface area contributed by atoms with E-state index in [2.05, 4.69) is 21.7 Å². The topological polar surface area (TPSA) is 168 Å². The van der Waals surface area contributed by atoms with Gasteiger partial charge < -0.3 is 26.6 Å². The van der Waals surface area contributed by atoms with Crippen molar-refractivity contribution in [3.63, 3.8) is 0 Å². The van der Waals surface area contributed by atoms with E-state index in [9.17, 15) is 24.0 Å². The minimum atomic E-state index is -0.768. The predicted octanol–water partition coefficient (Wildman–Crippen LogP) is 4.40. The molecule has 1 saturated carbocycles. The Morgan fingerprint density at radius 3 is 1.84 bits per heavy atom. The van der Waals surface area contributed by atoms with E-state index in [4.69, 9.17) is 4.79 Å². The summed E-state index contributed by atoms with van der Waals surface area (Å²) in [4.78, 5) is 71.7. The molecule has 0 radical (unpaired) electrons. The maximum absolute atomic E-state index is 13.4. The molecule has 3 unspecified atom stereocenters. The second kappa shape index (κ2) is 25.5. The number of likely N-dealkylation sites (tertiary alicyclic amines) is 1. The summed E-state index contributed by atoms with van der Waals surface area (Å²) in [6.45, 7) is 21.4. The Hall–Kier alpha value is -2.82. The number of nitrogens with one attached hydrogen (secondary N) is 3. The van der Waals surface area contributed by atoms with Gasteiger partial charge in [0.25, 0.3) is 0 Å². The highest BCUT2D eigenvalue weighted by Crippen LogP contribution is 2.29. The number of urea groups is 1. The highest BCUT2D eigenvalue weighted by atomic mass is 16.2. The van der Waals surface area contributed by atoms with Gasteiger partial charge in [0.15, 0.2) is 17.9 Å². The normalized spacial score (nSPS) is 16.7. The summed E-state index contributed by atoms with van der Waals surface area (Å²) in [6, 6.07) is -2.41. The Labute approximate surface area is 267 Å². The largest absolute Gasteiger partial charge is 0.354 e. The van der Waals surface area contributed by atoms with Crippen molar-refractivity contribution in [1.82, 2.24) is 20.9 Å². The molecule has 1 saturated heterocycles. The number of hydrogen-bond acceptors (Lipinski definition) is 7. The van der Waals surface area contributed by atoms with Crippen molar-refractivity contribution < 1.29 is 28.8 Å². The summed E-state index contributed by atoms with van der Waals surface area (Å²) in [5, 5.41) is 8.52. The fraction of sp³-hybridized carbons (Fsp3) is 0.818. The molecule has 0 spiro atoms. The number of carbonyl (C=O) groups is 6. The van der Waals surface area contributed by atoms with Crippen LogP contribution in [0.3, 0.4) is 0 Å². The summed E-state index contributed by atoms with van der Waals surface area (Å²) in [7, 11) is 1.50. The molecule has 2 aliphatic rings. The molecule has 0 aromatic heterocycles. The first-order valence-electron chi connectivity index (χ1n) is 16.5. The van der Waals surface area contributed by atoms with Crippen molar-refractivity contribution in [2.75, 3.05) is 20.1 Å². The van der Waals surface area contributed by atoms with Crippen LogP contribution in [0.15, 0.2) is 0 Å².